The van der Waals surface area contributed by atoms with Crippen molar-refractivity contribution in [1.29, 1.82) is 0 Å². The lowest BCUT2D eigenvalue weighted by Crippen LogP contribution is -2.14. The zero-order chi connectivity index (χ0) is 23.2. The largest absolute Gasteiger partial charge is 0.465 e. The Labute approximate surface area is 197 Å². The molecule has 2 heterocycles. The van der Waals surface area contributed by atoms with Crippen molar-refractivity contribution >= 4 is 28.1 Å². The molecule has 0 aliphatic carbocycles. The molecule has 6 heteroatoms. The van der Waals surface area contributed by atoms with Crippen molar-refractivity contribution < 1.29 is 9.53 Å². The molecular weight excluding hydrogens is 430 g/mol. The van der Waals surface area contributed by atoms with E-state index in [1.165, 1.54) is 11.3 Å². The van der Waals surface area contributed by atoms with Crippen LogP contribution in [0, 0.1) is 6.92 Å². The molecule has 0 saturated heterocycles. The van der Waals surface area contributed by atoms with E-state index < -0.39 is 5.92 Å². The minimum absolute atomic E-state index is 0.274. The van der Waals surface area contributed by atoms with Gasteiger partial charge in [-0.2, -0.15) is 0 Å². The van der Waals surface area contributed by atoms with E-state index in [1.807, 2.05) is 62.4 Å². The summed E-state index contributed by atoms with van der Waals surface area (Å²) >= 11 is 1.53. The highest BCUT2D eigenvalue weighted by Gasteiger charge is 2.19. The number of rotatable bonds is 7. The quantitative estimate of drug-likeness (QED) is 0.241. The first-order valence-corrected chi connectivity index (χ1v) is 11.7. The fraction of sp³-hybridized carbons (Fsp3) is 0.185. The predicted octanol–water partition coefficient (Wildman–Crippen LogP) is 6.35. The van der Waals surface area contributed by atoms with E-state index in [0.29, 0.717) is 17.4 Å². The molecule has 1 unspecified atom stereocenters. The van der Waals surface area contributed by atoms with Gasteiger partial charge < -0.3 is 4.74 Å². The van der Waals surface area contributed by atoms with Crippen LogP contribution in [0.4, 0.5) is 5.13 Å². The maximum atomic E-state index is 12.2. The molecule has 166 valence electrons. The van der Waals surface area contributed by atoms with Crippen LogP contribution in [0.3, 0.4) is 0 Å². The zero-order valence-corrected chi connectivity index (χ0v) is 19.7. The molecular formula is C27H25N3O2S. The third kappa shape index (κ3) is 5.23. The molecule has 0 radical (unpaired) electrons. The summed E-state index contributed by atoms with van der Waals surface area (Å²) < 4.78 is 5.15. The first-order valence-electron chi connectivity index (χ1n) is 10.9. The van der Waals surface area contributed by atoms with Gasteiger partial charge in [-0.25, -0.2) is 9.98 Å². The van der Waals surface area contributed by atoms with Crippen molar-refractivity contribution in [3.63, 3.8) is 0 Å². The normalized spacial score (nSPS) is 11.6. The number of thiazole rings is 1. The molecule has 0 fully saturated rings. The van der Waals surface area contributed by atoms with Crippen molar-refractivity contribution in [3.05, 3.63) is 102 Å². The number of aromatic nitrogens is 2. The molecule has 0 aliphatic rings. The van der Waals surface area contributed by atoms with Crippen LogP contribution in [-0.2, 0) is 9.53 Å². The van der Waals surface area contributed by atoms with Crippen LogP contribution in [0.2, 0.25) is 0 Å². The number of esters is 1. The Bertz CT molecular complexity index is 1230. The van der Waals surface area contributed by atoms with Crippen molar-refractivity contribution in [2.24, 2.45) is 4.99 Å². The molecule has 5 nitrogen and oxygen atoms in total. The molecule has 1 atom stereocenters. The Morgan fingerprint density at radius 3 is 2.27 bits per heavy atom. The number of hydrogen-bond acceptors (Lipinski definition) is 6. The standard InChI is InChI=1S/C27H25N3O2S/c1-4-32-26(31)18(2)23-17-22(15-16-28-23)25-19(3)29-27(33-25)30-24(20-11-7-5-8-12-20)21-13-9-6-10-14-21/h5-18H,4H2,1-3H3. The lowest BCUT2D eigenvalue weighted by Gasteiger charge is -2.10. The number of benzene rings is 2. The number of hydrogen-bond donors (Lipinski definition) is 0. The van der Waals surface area contributed by atoms with Crippen LogP contribution >= 0.6 is 11.3 Å². The van der Waals surface area contributed by atoms with E-state index in [2.05, 4.69) is 29.2 Å². The molecule has 0 N–H and O–H groups in total. The van der Waals surface area contributed by atoms with E-state index >= 15 is 0 Å². The first kappa shape index (κ1) is 22.6. The molecule has 0 spiro atoms. The van der Waals surface area contributed by atoms with Crippen LogP contribution in [0.15, 0.2) is 84.0 Å². The molecule has 0 saturated carbocycles. The summed E-state index contributed by atoms with van der Waals surface area (Å²) in [6, 6.07) is 24.1. The number of pyridine rings is 1. The van der Waals surface area contributed by atoms with Crippen molar-refractivity contribution in [1.82, 2.24) is 9.97 Å². The van der Waals surface area contributed by atoms with E-state index in [4.69, 9.17) is 14.7 Å². The first-order chi connectivity index (χ1) is 16.1. The smallest absolute Gasteiger partial charge is 0.314 e. The van der Waals surface area contributed by atoms with Gasteiger partial charge in [0.15, 0.2) is 0 Å². The van der Waals surface area contributed by atoms with Gasteiger partial charge in [0.1, 0.15) is 0 Å². The highest BCUT2D eigenvalue weighted by atomic mass is 32.1. The van der Waals surface area contributed by atoms with Crippen molar-refractivity contribution in [3.8, 4) is 10.4 Å². The number of ether oxygens (including phenoxy) is 1. The molecule has 33 heavy (non-hydrogen) atoms. The van der Waals surface area contributed by atoms with Crippen molar-refractivity contribution in [2.75, 3.05) is 6.61 Å². The second-order valence-electron chi connectivity index (χ2n) is 7.55. The average molecular weight is 456 g/mol. The lowest BCUT2D eigenvalue weighted by molar-refractivity contribution is -0.144. The predicted molar refractivity (Wildman–Crippen MR) is 133 cm³/mol. The monoisotopic (exact) mass is 455 g/mol. The summed E-state index contributed by atoms with van der Waals surface area (Å²) in [5.41, 5.74) is 5.48. The van der Waals surface area contributed by atoms with Crippen LogP contribution < -0.4 is 0 Å². The highest BCUT2D eigenvalue weighted by molar-refractivity contribution is 7.18. The van der Waals surface area contributed by atoms with E-state index in [-0.39, 0.29) is 5.97 Å². The maximum Gasteiger partial charge on any atom is 0.314 e. The Morgan fingerprint density at radius 1 is 1.03 bits per heavy atom. The summed E-state index contributed by atoms with van der Waals surface area (Å²) in [5, 5.41) is 0.682. The fourth-order valence-corrected chi connectivity index (χ4v) is 4.44. The van der Waals surface area contributed by atoms with Gasteiger partial charge in [0.2, 0.25) is 5.13 Å². The van der Waals surface area contributed by atoms with E-state index in [1.54, 1.807) is 13.1 Å². The van der Waals surface area contributed by atoms with Crippen LogP contribution in [-0.4, -0.2) is 28.3 Å². The minimum atomic E-state index is -0.432. The molecule has 4 aromatic rings. The third-order valence-electron chi connectivity index (χ3n) is 5.21. The molecule has 0 bridgehead atoms. The molecule has 2 aromatic heterocycles. The lowest BCUT2D eigenvalue weighted by atomic mass is 10.0. The van der Waals surface area contributed by atoms with Gasteiger partial charge in [-0.05, 0) is 38.5 Å². The van der Waals surface area contributed by atoms with Gasteiger partial charge in [-0.15, -0.1) is 0 Å². The number of aliphatic imine (C=N–C) groups is 1. The zero-order valence-electron chi connectivity index (χ0n) is 18.9. The average Bonchev–Trinajstić information content (AvgIpc) is 3.23. The topological polar surface area (TPSA) is 64.4 Å². The molecule has 2 aromatic carbocycles. The maximum absolute atomic E-state index is 12.2. The van der Waals surface area contributed by atoms with Crippen LogP contribution in [0.25, 0.3) is 10.4 Å². The summed E-state index contributed by atoms with van der Waals surface area (Å²) in [6.45, 7) is 5.94. The summed E-state index contributed by atoms with van der Waals surface area (Å²) in [5.74, 6) is -0.706. The van der Waals surface area contributed by atoms with E-state index in [0.717, 1.165) is 33.0 Å². The Hall–Kier alpha value is -3.64. The van der Waals surface area contributed by atoms with Gasteiger partial charge in [-0.3, -0.25) is 9.78 Å². The van der Waals surface area contributed by atoms with Gasteiger partial charge >= 0.3 is 5.97 Å². The SMILES string of the molecule is CCOC(=O)C(C)c1cc(-c2sc(N=C(c3ccccc3)c3ccccc3)nc2C)ccn1. The number of aryl methyl sites for hydroxylation is 1. The van der Waals surface area contributed by atoms with Crippen molar-refractivity contribution in [2.45, 2.75) is 26.7 Å². The number of carbonyl (C=O) groups excluding carboxylic acids is 1. The molecule has 4 rings (SSSR count). The Kier molecular flexibility index (Phi) is 7.05. The highest BCUT2D eigenvalue weighted by Crippen LogP contribution is 2.35. The third-order valence-corrected chi connectivity index (χ3v) is 6.31. The molecule has 0 aliphatic heterocycles. The Morgan fingerprint density at radius 2 is 1.67 bits per heavy atom. The second-order valence-corrected chi connectivity index (χ2v) is 8.52. The van der Waals surface area contributed by atoms with Gasteiger partial charge in [-0.1, -0.05) is 72.0 Å². The summed E-state index contributed by atoms with van der Waals surface area (Å²) in [7, 11) is 0. The van der Waals surface area contributed by atoms with Gasteiger partial charge in [0.25, 0.3) is 0 Å². The summed E-state index contributed by atoms with van der Waals surface area (Å²) in [6.07, 6.45) is 1.72. The van der Waals surface area contributed by atoms with Crippen LogP contribution in [0.1, 0.15) is 42.3 Å². The second kappa shape index (κ2) is 10.3. The number of nitrogens with zero attached hydrogens (tertiary/aromatic N) is 3. The Balaban J connectivity index is 1.72. The fourth-order valence-electron chi connectivity index (χ4n) is 3.50. The van der Waals surface area contributed by atoms with Gasteiger partial charge in [0.05, 0.1) is 34.5 Å². The minimum Gasteiger partial charge on any atom is -0.465 e. The van der Waals surface area contributed by atoms with E-state index in [9.17, 15) is 4.79 Å². The number of carbonyl (C=O) groups is 1. The molecule has 0 amide bonds. The summed E-state index contributed by atoms with van der Waals surface area (Å²) in [4.78, 5) is 27.2. The van der Waals surface area contributed by atoms with Crippen LogP contribution in [0.5, 0.6) is 0 Å². The van der Waals surface area contributed by atoms with Gasteiger partial charge in [0, 0.05) is 17.3 Å².